The van der Waals surface area contributed by atoms with E-state index in [-0.39, 0.29) is 48.5 Å². The molecule has 11 heteroatoms. The van der Waals surface area contributed by atoms with Crippen molar-refractivity contribution >= 4 is 35.0 Å². The number of rotatable bonds is 6. The smallest absolute Gasteiger partial charge is 0.333 e. The van der Waals surface area contributed by atoms with Crippen LogP contribution in [0.5, 0.6) is 5.75 Å². The van der Waals surface area contributed by atoms with Gasteiger partial charge >= 0.3 is 5.69 Å². The number of nitrogens with zero attached hydrogens (tertiary/aromatic N) is 4. The quantitative estimate of drug-likeness (QED) is 0.366. The Morgan fingerprint density at radius 3 is 2.38 bits per heavy atom. The van der Waals surface area contributed by atoms with Crippen molar-refractivity contribution in [2.45, 2.75) is 19.6 Å². The summed E-state index contributed by atoms with van der Waals surface area (Å²) < 4.78 is 8.13. The van der Waals surface area contributed by atoms with Crippen molar-refractivity contribution < 1.29 is 14.3 Å². The lowest BCUT2D eigenvalue weighted by atomic mass is 10.1. The zero-order valence-corrected chi connectivity index (χ0v) is 22.9. The van der Waals surface area contributed by atoms with Gasteiger partial charge in [0.15, 0.2) is 0 Å². The van der Waals surface area contributed by atoms with Gasteiger partial charge in [0, 0.05) is 25.2 Å². The van der Waals surface area contributed by atoms with Crippen LogP contribution in [-0.2, 0) is 19.6 Å². The molecule has 0 atom stereocenters. The average Bonchev–Trinajstić information content (AvgIpc) is 3.28. The monoisotopic (exact) mass is 575 g/mol. The molecule has 4 aromatic rings. The van der Waals surface area contributed by atoms with Crippen molar-refractivity contribution in [2.75, 3.05) is 13.7 Å². The maximum absolute atomic E-state index is 13.7. The van der Waals surface area contributed by atoms with Crippen molar-refractivity contribution in [3.63, 3.8) is 0 Å². The van der Waals surface area contributed by atoms with Crippen molar-refractivity contribution in [1.82, 2.24) is 19.4 Å². The highest BCUT2D eigenvalue weighted by atomic mass is 35.5. The predicted molar refractivity (Wildman–Crippen MR) is 150 cm³/mol. The largest absolute Gasteiger partial charge is 0.497 e. The molecule has 0 spiro atoms. The van der Waals surface area contributed by atoms with Crippen LogP contribution in [0.4, 0.5) is 0 Å². The summed E-state index contributed by atoms with van der Waals surface area (Å²) in [5.41, 5.74) is 2.30. The molecule has 0 saturated carbocycles. The zero-order chi connectivity index (χ0) is 28.4. The first-order valence-corrected chi connectivity index (χ1v) is 13.1. The number of imidazole rings is 1. The third-order valence-corrected chi connectivity index (χ3v) is 7.45. The fourth-order valence-corrected chi connectivity index (χ4v) is 4.91. The first-order valence-electron chi connectivity index (χ1n) is 12.3. The molecule has 40 heavy (non-hydrogen) atoms. The number of ether oxygens (including phenoxy) is 1. The molecule has 5 rings (SSSR count). The summed E-state index contributed by atoms with van der Waals surface area (Å²) in [7, 11) is 1.54. The fraction of sp³-hybridized carbons (Fsp3) is 0.172. The standard InChI is InChI=1S/C29H23Cl2N5O4/c1-40-22-9-7-21(8-10-22)36-26(27(37)33-16-19-4-2-18(15-32)3-5-19)25-17-34(12-13-35(25)29(36)39)28(38)20-6-11-23(30)24(31)14-20/h2-11,14H,12-13,16-17H2,1H3,(H,33,37). The van der Waals surface area contributed by atoms with Crippen molar-refractivity contribution in [3.8, 4) is 17.5 Å². The summed E-state index contributed by atoms with van der Waals surface area (Å²) in [5.74, 6) is -0.167. The van der Waals surface area contributed by atoms with E-state index in [2.05, 4.69) is 11.4 Å². The van der Waals surface area contributed by atoms with Gasteiger partial charge in [-0.15, -0.1) is 0 Å². The Hall–Kier alpha value is -4.52. The molecule has 9 nitrogen and oxygen atoms in total. The summed E-state index contributed by atoms with van der Waals surface area (Å²) in [6, 6.07) is 20.4. The fourth-order valence-electron chi connectivity index (χ4n) is 4.61. The minimum atomic E-state index is -0.477. The molecule has 0 aliphatic carbocycles. The van der Waals surface area contributed by atoms with Gasteiger partial charge in [0.1, 0.15) is 11.4 Å². The number of halogens is 2. The minimum absolute atomic E-state index is 0.0388. The molecule has 202 valence electrons. The van der Waals surface area contributed by atoms with Gasteiger partial charge in [0.25, 0.3) is 11.8 Å². The van der Waals surface area contributed by atoms with Crippen molar-refractivity contribution in [2.24, 2.45) is 0 Å². The number of benzene rings is 3. The third-order valence-electron chi connectivity index (χ3n) is 6.71. The van der Waals surface area contributed by atoms with Gasteiger partial charge in [-0.1, -0.05) is 35.3 Å². The first-order chi connectivity index (χ1) is 19.3. The third kappa shape index (κ3) is 5.19. The lowest BCUT2D eigenvalue weighted by Gasteiger charge is -2.28. The van der Waals surface area contributed by atoms with E-state index in [1.165, 1.54) is 15.2 Å². The number of hydrogen-bond donors (Lipinski definition) is 1. The molecule has 1 aromatic heterocycles. The number of hydrogen-bond acceptors (Lipinski definition) is 5. The number of aromatic nitrogens is 2. The lowest BCUT2D eigenvalue weighted by Crippen LogP contribution is -2.41. The Bertz CT molecular complexity index is 1700. The Morgan fingerprint density at radius 2 is 1.73 bits per heavy atom. The van der Waals surface area contributed by atoms with Gasteiger partial charge in [0.05, 0.1) is 46.7 Å². The normalized spacial score (nSPS) is 12.4. The first kappa shape index (κ1) is 27.1. The molecule has 1 aliphatic rings. The molecule has 0 radical (unpaired) electrons. The van der Waals surface area contributed by atoms with Crippen LogP contribution in [-0.4, -0.2) is 39.5 Å². The highest BCUT2D eigenvalue weighted by Crippen LogP contribution is 2.26. The molecular weight excluding hydrogens is 553 g/mol. The molecule has 1 N–H and O–H groups in total. The van der Waals surface area contributed by atoms with E-state index in [0.29, 0.717) is 33.3 Å². The molecule has 3 aromatic carbocycles. The van der Waals surface area contributed by atoms with Crippen molar-refractivity contribution in [3.05, 3.63) is 115 Å². The molecule has 0 unspecified atom stereocenters. The summed E-state index contributed by atoms with van der Waals surface area (Å²) in [6.45, 7) is 0.695. The van der Waals surface area contributed by atoms with E-state index in [1.54, 1.807) is 72.7 Å². The highest BCUT2D eigenvalue weighted by Gasteiger charge is 2.32. The van der Waals surface area contributed by atoms with Crippen LogP contribution in [0.3, 0.4) is 0 Å². The molecular formula is C29H23Cl2N5O4. The highest BCUT2D eigenvalue weighted by molar-refractivity contribution is 6.42. The van der Waals surface area contributed by atoms with E-state index >= 15 is 0 Å². The van der Waals surface area contributed by atoms with Gasteiger partial charge in [-0.3, -0.25) is 18.7 Å². The second kappa shape index (κ2) is 11.3. The molecule has 0 fully saturated rings. The number of amides is 2. The van der Waals surface area contributed by atoms with Gasteiger partial charge in [-0.25, -0.2) is 4.79 Å². The summed E-state index contributed by atoms with van der Waals surface area (Å²) in [6.07, 6.45) is 0. The Labute approximate surface area is 239 Å². The van der Waals surface area contributed by atoms with Crippen LogP contribution in [0.25, 0.3) is 5.69 Å². The van der Waals surface area contributed by atoms with Crippen LogP contribution in [0.15, 0.2) is 71.5 Å². The van der Waals surface area contributed by atoms with Gasteiger partial charge in [0.2, 0.25) is 0 Å². The van der Waals surface area contributed by atoms with Crippen molar-refractivity contribution in [1.29, 1.82) is 5.26 Å². The predicted octanol–water partition coefficient (Wildman–Crippen LogP) is 4.41. The topological polar surface area (TPSA) is 109 Å². The second-order valence-corrected chi connectivity index (χ2v) is 9.92. The van der Waals surface area contributed by atoms with Gasteiger partial charge in [-0.05, 0) is 60.2 Å². The van der Waals surface area contributed by atoms with E-state index in [0.717, 1.165) is 5.56 Å². The summed E-state index contributed by atoms with van der Waals surface area (Å²) in [4.78, 5) is 42.2. The summed E-state index contributed by atoms with van der Waals surface area (Å²) in [5, 5.41) is 12.5. The van der Waals surface area contributed by atoms with Gasteiger partial charge < -0.3 is 15.0 Å². The summed E-state index contributed by atoms with van der Waals surface area (Å²) >= 11 is 12.1. The van der Waals surface area contributed by atoms with E-state index < -0.39 is 5.91 Å². The Kier molecular flexibility index (Phi) is 7.65. The van der Waals surface area contributed by atoms with Crippen LogP contribution in [0.2, 0.25) is 10.0 Å². The number of carbonyl (C=O) groups excluding carboxylic acids is 2. The van der Waals surface area contributed by atoms with Crippen LogP contribution in [0, 0.1) is 11.3 Å². The van der Waals surface area contributed by atoms with Crippen LogP contribution in [0.1, 0.15) is 37.7 Å². The Morgan fingerprint density at radius 1 is 1.00 bits per heavy atom. The zero-order valence-electron chi connectivity index (χ0n) is 21.4. The molecule has 2 heterocycles. The SMILES string of the molecule is COc1ccc(-n2c(C(=O)NCc3ccc(C#N)cc3)c3n(c2=O)CCN(C(=O)c2ccc(Cl)c(Cl)c2)C3)cc1. The van der Waals surface area contributed by atoms with Crippen LogP contribution < -0.4 is 15.7 Å². The maximum Gasteiger partial charge on any atom is 0.333 e. The number of fused-ring (bicyclic) bond motifs is 1. The van der Waals surface area contributed by atoms with E-state index in [9.17, 15) is 14.4 Å². The molecule has 1 aliphatic heterocycles. The number of methoxy groups -OCH3 is 1. The second-order valence-electron chi connectivity index (χ2n) is 9.11. The molecule has 2 amide bonds. The number of nitriles is 1. The number of carbonyl (C=O) groups is 2. The van der Waals surface area contributed by atoms with Crippen LogP contribution >= 0.6 is 23.2 Å². The molecule has 0 bridgehead atoms. The molecule has 0 saturated heterocycles. The van der Waals surface area contributed by atoms with E-state index in [4.69, 9.17) is 33.2 Å². The lowest BCUT2D eigenvalue weighted by molar-refractivity contribution is 0.0706. The minimum Gasteiger partial charge on any atom is -0.497 e. The average molecular weight is 576 g/mol. The number of nitrogens with one attached hydrogen (secondary N) is 1. The van der Waals surface area contributed by atoms with E-state index in [1.807, 2.05) is 0 Å². The maximum atomic E-state index is 13.7. The Balaban J connectivity index is 1.52. The van der Waals surface area contributed by atoms with Gasteiger partial charge in [-0.2, -0.15) is 5.26 Å².